The van der Waals surface area contributed by atoms with E-state index in [2.05, 4.69) is 11.4 Å². The molecular formula is C12H21N3O. The van der Waals surface area contributed by atoms with Gasteiger partial charge in [-0.05, 0) is 26.8 Å². The number of rotatable bonds is 5. The zero-order valence-electron chi connectivity index (χ0n) is 10.2. The van der Waals surface area contributed by atoms with Crippen molar-refractivity contribution in [1.29, 1.82) is 5.26 Å². The number of hydrogen-bond donors (Lipinski definition) is 1. The molecule has 4 heteroatoms. The number of nitrogens with zero attached hydrogens (tertiary/aromatic N) is 2. The van der Waals surface area contributed by atoms with Gasteiger partial charge < -0.3 is 5.32 Å². The van der Waals surface area contributed by atoms with Gasteiger partial charge in [0, 0.05) is 12.1 Å². The molecule has 0 aromatic carbocycles. The van der Waals surface area contributed by atoms with Crippen LogP contribution >= 0.6 is 0 Å². The number of nitriles is 1. The summed E-state index contributed by atoms with van der Waals surface area (Å²) < 4.78 is 0. The van der Waals surface area contributed by atoms with Crippen molar-refractivity contribution in [3.63, 3.8) is 0 Å². The van der Waals surface area contributed by atoms with E-state index >= 15 is 0 Å². The number of hydrogen-bond acceptors (Lipinski definition) is 3. The molecule has 0 bridgehead atoms. The Labute approximate surface area is 97.6 Å². The molecule has 90 valence electrons. The largest absolute Gasteiger partial charge is 0.352 e. The second kappa shape index (κ2) is 6.49. The van der Waals surface area contributed by atoms with E-state index in [1.807, 2.05) is 18.9 Å². The van der Waals surface area contributed by atoms with Crippen LogP contribution in [0, 0.1) is 11.3 Å². The highest BCUT2D eigenvalue weighted by Gasteiger charge is 2.19. The lowest BCUT2D eigenvalue weighted by Crippen LogP contribution is -2.42. The lowest BCUT2D eigenvalue weighted by atomic mass is 10.2. The van der Waals surface area contributed by atoms with Gasteiger partial charge in [0.1, 0.15) is 0 Å². The van der Waals surface area contributed by atoms with Crippen LogP contribution in [-0.4, -0.2) is 36.5 Å². The van der Waals surface area contributed by atoms with Crippen LogP contribution in [-0.2, 0) is 4.79 Å². The minimum Gasteiger partial charge on any atom is -0.352 e. The van der Waals surface area contributed by atoms with Crippen LogP contribution in [0.25, 0.3) is 0 Å². The molecule has 1 unspecified atom stereocenters. The van der Waals surface area contributed by atoms with Gasteiger partial charge in [0.2, 0.25) is 5.91 Å². The number of amides is 1. The molecule has 1 amide bonds. The molecule has 0 spiro atoms. The first-order valence-electron chi connectivity index (χ1n) is 6.00. The second-order valence-corrected chi connectivity index (χ2v) is 4.68. The molecule has 1 rings (SSSR count). The number of nitrogens with one attached hydrogen (secondary N) is 1. The first kappa shape index (κ1) is 13.0. The minimum absolute atomic E-state index is 0.0826. The fourth-order valence-electron chi connectivity index (χ4n) is 2.01. The average molecular weight is 223 g/mol. The maximum absolute atomic E-state index is 11.7. The molecule has 1 aliphatic carbocycles. The van der Waals surface area contributed by atoms with Gasteiger partial charge in [-0.15, -0.1) is 0 Å². The predicted molar refractivity (Wildman–Crippen MR) is 62.7 cm³/mol. The number of carbonyl (C=O) groups excluding carboxylic acids is 1. The van der Waals surface area contributed by atoms with Crippen LogP contribution in [0.2, 0.25) is 0 Å². The molecule has 0 heterocycles. The van der Waals surface area contributed by atoms with Gasteiger partial charge in [-0.3, -0.25) is 9.69 Å². The Hall–Kier alpha value is -1.08. The summed E-state index contributed by atoms with van der Waals surface area (Å²) in [6.07, 6.45) is 5.15. The van der Waals surface area contributed by atoms with Crippen molar-refractivity contribution >= 4 is 5.91 Å². The lowest BCUT2D eigenvalue weighted by Gasteiger charge is -2.22. The Morgan fingerprint density at radius 1 is 1.56 bits per heavy atom. The molecule has 0 aromatic rings. The van der Waals surface area contributed by atoms with Gasteiger partial charge in [0.15, 0.2) is 0 Å². The Kier molecular flexibility index (Phi) is 5.27. The Morgan fingerprint density at radius 3 is 2.75 bits per heavy atom. The molecule has 4 nitrogen and oxygen atoms in total. The molecule has 1 fully saturated rings. The van der Waals surface area contributed by atoms with E-state index < -0.39 is 0 Å². The maximum Gasteiger partial charge on any atom is 0.234 e. The third-order valence-corrected chi connectivity index (χ3v) is 3.25. The van der Waals surface area contributed by atoms with Crippen molar-refractivity contribution in [3.05, 3.63) is 0 Å². The molecule has 0 saturated heterocycles. The van der Waals surface area contributed by atoms with Crippen molar-refractivity contribution < 1.29 is 4.79 Å². The summed E-state index contributed by atoms with van der Waals surface area (Å²) >= 11 is 0. The highest BCUT2D eigenvalue weighted by Crippen LogP contribution is 2.17. The fourth-order valence-corrected chi connectivity index (χ4v) is 2.01. The van der Waals surface area contributed by atoms with Gasteiger partial charge in [0.25, 0.3) is 0 Å². The van der Waals surface area contributed by atoms with E-state index in [0.717, 1.165) is 12.8 Å². The quantitative estimate of drug-likeness (QED) is 0.764. The molecule has 1 saturated carbocycles. The Balaban J connectivity index is 2.24. The highest BCUT2D eigenvalue weighted by atomic mass is 16.2. The van der Waals surface area contributed by atoms with Crippen LogP contribution in [0.3, 0.4) is 0 Å². The normalized spacial score (nSPS) is 18.4. The fraction of sp³-hybridized carbons (Fsp3) is 0.833. The summed E-state index contributed by atoms with van der Waals surface area (Å²) in [5.74, 6) is 0.0826. The third-order valence-electron chi connectivity index (χ3n) is 3.25. The lowest BCUT2D eigenvalue weighted by molar-refractivity contribution is -0.123. The van der Waals surface area contributed by atoms with Crippen molar-refractivity contribution in [2.45, 2.75) is 51.1 Å². The molecule has 0 aromatic heterocycles. The molecule has 0 radical (unpaired) electrons. The van der Waals surface area contributed by atoms with Gasteiger partial charge in [-0.1, -0.05) is 12.8 Å². The predicted octanol–water partition coefficient (Wildman–Crippen LogP) is 1.28. The highest BCUT2D eigenvalue weighted by molar-refractivity contribution is 5.78. The maximum atomic E-state index is 11.7. The van der Waals surface area contributed by atoms with Crippen molar-refractivity contribution in [2.75, 3.05) is 13.6 Å². The van der Waals surface area contributed by atoms with Crippen LogP contribution in [0.5, 0.6) is 0 Å². The monoisotopic (exact) mass is 223 g/mol. The summed E-state index contributed by atoms with van der Waals surface area (Å²) in [5.41, 5.74) is 0. The van der Waals surface area contributed by atoms with Crippen molar-refractivity contribution in [1.82, 2.24) is 10.2 Å². The van der Waals surface area contributed by atoms with E-state index in [9.17, 15) is 4.79 Å². The SMILES string of the molecule is CC(CC#N)N(C)CC(=O)NC1CCCC1. The zero-order chi connectivity index (χ0) is 12.0. The summed E-state index contributed by atoms with van der Waals surface area (Å²) in [5, 5.41) is 11.6. The van der Waals surface area contributed by atoms with Crippen LogP contribution in [0.4, 0.5) is 0 Å². The average Bonchev–Trinajstić information content (AvgIpc) is 2.70. The Bertz CT molecular complexity index is 266. The van der Waals surface area contributed by atoms with E-state index in [-0.39, 0.29) is 11.9 Å². The summed E-state index contributed by atoms with van der Waals surface area (Å²) in [6.45, 7) is 2.35. The molecule has 16 heavy (non-hydrogen) atoms. The van der Waals surface area contributed by atoms with Crippen molar-refractivity contribution in [3.8, 4) is 6.07 Å². The molecule has 1 N–H and O–H groups in total. The summed E-state index contributed by atoms with van der Waals surface area (Å²) in [6, 6.07) is 2.64. The van der Waals surface area contributed by atoms with Crippen molar-refractivity contribution in [2.24, 2.45) is 0 Å². The van der Waals surface area contributed by atoms with Gasteiger partial charge >= 0.3 is 0 Å². The third kappa shape index (κ3) is 4.19. The molecule has 1 aliphatic rings. The number of carbonyl (C=O) groups is 1. The van der Waals surface area contributed by atoms with Gasteiger partial charge in [0.05, 0.1) is 19.0 Å². The topological polar surface area (TPSA) is 56.1 Å². The smallest absolute Gasteiger partial charge is 0.234 e. The van der Waals surface area contributed by atoms with E-state index in [0.29, 0.717) is 19.0 Å². The van der Waals surface area contributed by atoms with Gasteiger partial charge in [-0.2, -0.15) is 5.26 Å². The first-order valence-corrected chi connectivity index (χ1v) is 6.00. The molecule has 1 atom stereocenters. The Morgan fingerprint density at radius 2 is 2.19 bits per heavy atom. The summed E-state index contributed by atoms with van der Waals surface area (Å²) in [7, 11) is 1.89. The second-order valence-electron chi connectivity index (χ2n) is 4.68. The van der Waals surface area contributed by atoms with Crippen LogP contribution in [0.15, 0.2) is 0 Å². The van der Waals surface area contributed by atoms with Gasteiger partial charge in [-0.25, -0.2) is 0 Å². The number of likely N-dealkylation sites (N-methyl/N-ethyl adjacent to an activating group) is 1. The van der Waals surface area contributed by atoms with E-state index in [1.165, 1.54) is 12.8 Å². The first-order chi connectivity index (χ1) is 7.63. The van der Waals surface area contributed by atoms with Crippen LogP contribution < -0.4 is 5.32 Å². The zero-order valence-corrected chi connectivity index (χ0v) is 10.2. The summed E-state index contributed by atoms with van der Waals surface area (Å²) in [4.78, 5) is 13.6. The minimum atomic E-state index is 0.0826. The molecule has 0 aliphatic heterocycles. The van der Waals surface area contributed by atoms with E-state index in [1.54, 1.807) is 0 Å². The standard InChI is InChI=1S/C12H21N3O/c1-10(7-8-13)15(2)9-12(16)14-11-5-3-4-6-11/h10-11H,3-7,9H2,1-2H3,(H,14,16). The van der Waals surface area contributed by atoms with Crippen LogP contribution in [0.1, 0.15) is 39.0 Å². The molecular weight excluding hydrogens is 202 g/mol. The van der Waals surface area contributed by atoms with E-state index in [4.69, 9.17) is 5.26 Å².